The van der Waals surface area contributed by atoms with Gasteiger partial charge in [0.1, 0.15) is 5.75 Å². The van der Waals surface area contributed by atoms with Gasteiger partial charge in [-0.15, -0.1) is 11.3 Å². The lowest BCUT2D eigenvalue weighted by Gasteiger charge is -2.22. The Kier molecular flexibility index (Phi) is 6.33. The monoisotopic (exact) mass is 370 g/mol. The molecule has 0 bridgehead atoms. The van der Waals surface area contributed by atoms with E-state index in [1.807, 2.05) is 47.8 Å². The fraction of sp³-hybridized carbons (Fsp3) is 0.250. The van der Waals surface area contributed by atoms with Gasteiger partial charge in [-0.3, -0.25) is 0 Å². The molecular formula is C20H22N2O3S. The van der Waals surface area contributed by atoms with E-state index in [-0.39, 0.29) is 6.03 Å². The minimum Gasteiger partial charge on any atom is -0.497 e. The lowest BCUT2D eigenvalue weighted by Crippen LogP contribution is -2.39. The number of amides is 2. The number of hydrogen-bond acceptors (Lipinski definition) is 4. The van der Waals surface area contributed by atoms with Crippen LogP contribution in [0, 0.1) is 0 Å². The Morgan fingerprint density at radius 2 is 2.00 bits per heavy atom. The number of carbonyl (C=O) groups is 1. The Hall–Kier alpha value is -2.73. The third-order valence-corrected chi connectivity index (χ3v) is 4.88. The summed E-state index contributed by atoms with van der Waals surface area (Å²) in [4.78, 5) is 15.6. The highest BCUT2D eigenvalue weighted by Crippen LogP contribution is 2.15. The normalized spacial score (nSPS) is 10.5. The Morgan fingerprint density at radius 3 is 2.65 bits per heavy atom. The SMILES string of the molecule is COc1ccc(CCNC(=O)N(Cc2ccoc2)Cc2cccs2)cc1. The molecule has 0 fully saturated rings. The van der Waals surface area contributed by atoms with Gasteiger partial charge in [-0.25, -0.2) is 4.79 Å². The highest BCUT2D eigenvalue weighted by atomic mass is 32.1. The zero-order valence-corrected chi connectivity index (χ0v) is 15.5. The Morgan fingerprint density at radius 1 is 1.15 bits per heavy atom. The van der Waals surface area contributed by atoms with E-state index in [2.05, 4.69) is 5.32 Å². The van der Waals surface area contributed by atoms with Crippen LogP contribution >= 0.6 is 11.3 Å². The zero-order valence-electron chi connectivity index (χ0n) is 14.7. The van der Waals surface area contributed by atoms with Crippen LogP contribution in [0.3, 0.4) is 0 Å². The molecule has 0 aliphatic heterocycles. The summed E-state index contributed by atoms with van der Waals surface area (Å²) in [6.07, 6.45) is 4.07. The minimum atomic E-state index is -0.0758. The third-order valence-electron chi connectivity index (χ3n) is 4.02. The van der Waals surface area contributed by atoms with Crippen molar-refractivity contribution in [2.45, 2.75) is 19.5 Å². The van der Waals surface area contributed by atoms with E-state index in [4.69, 9.17) is 9.15 Å². The Labute approximate surface area is 157 Å². The summed E-state index contributed by atoms with van der Waals surface area (Å²) < 4.78 is 10.3. The number of ether oxygens (including phenoxy) is 1. The fourth-order valence-corrected chi connectivity index (χ4v) is 3.33. The topological polar surface area (TPSA) is 54.7 Å². The van der Waals surface area contributed by atoms with Gasteiger partial charge in [0.15, 0.2) is 0 Å². The van der Waals surface area contributed by atoms with Crippen LogP contribution in [0.2, 0.25) is 0 Å². The number of carbonyl (C=O) groups excluding carboxylic acids is 1. The molecule has 0 unspecified atom stereocenters. The van der Waals surface area contributed by atoms with Gasteiger partial charge in [-0.2, -0.15) is 0 Å². The van der Waals surface area contributed by atoms with Crippen molar-refractivity contribution in [3.63, 3.8) is 0 Å². The summed E-state index contributed by atoms with van der Waals surface area (Å²) in [6.45, 7) is 1.68. The molecule has 2 aromatic heterocycles. The molecule has 0 atom stereocenters. The van der Waals surface area contributed by atoms with E-state index in [0.717, 1.165) is 28.2 Å². The number of furan rings is 1. The molecule has 2 heterocycles. The molecule has 0 aliphatic carbocycles. The lowest BCUT2D eigenvalue weighted by molar-refractivity contribution is 0.193. The molecule has 5 nitrogen and oxygen atoms in total. The molecule has 0 aliphatic rings. The van der Waals surface area contributed by atoms with Crippen molar-refractivity contribution in [1.29, 1.82) is 0 Å². The molecule has 1 N–H and O–H groups in total. The van der Waals surface area contributed by atoms with Crippen LogP contribution < -0.4 is 10.1 Å². The van der Waals surface area contributed by atoms with Crippen LogP contribution in [0.1, 0.15) is 16.0 Å². The zero-order chi connectivity index (χ0) is 18.2. The number of nitrogens with one attached hydrogen (secondary N) is 1. The molecule has 26 heavy (non-hydrogen) atoms. The first-order valence-corrected chi connectivity index (χ1v) is 9.32. The lowest BCUT2D eigenvalue weighted by atomic mass is 10.1. The van der Waals surface area contributed by atoms with E-state index < -0.39 is 0 Å². The number of hydrogen-bond donors (Lipinski definition) is 1. The van der Waals surface area contributed by atoms with Gasteiger partial charge < -0.3 is 19.4 Å². The van der Waals surface area contributed by atoms with Crippen molar-refractivity contribution in [3.8, 4) is 5.75 Å². The highest BCUT2D eigenvalue weighted by molar-refractivity contribution is 7.09. The number of thiophene rings is 1. The summed E-state index contributed by atoms with van der Waals surface area (Å²) in [5, 5.41) is 5.04. The molecule has 0 saturated carbocycles. The van der Waals surface area contributed by atoms with Gasteiger partial charge in [0.05, 0.1) is 32.7 Å². The van der Waals surface area contributed by atoms with Gasteiger partial charge in [-0.05, 0) is 41.6 Å². The molecule has 0 saturated heterocycles. The predicted molar refractivity (Wildman–Crippen MR) is 102 cm³/mol. The van der Waals surface area contributed by atoms with Gasteiger partial charge in [0.2, 0.25) is 0 Å². The first-order valence-electron chi connectivity index (χ1n) is 8.44. The molecular weight excluding hydrogens is 348 g/mol. The number of urea groups is 1. The summed E-state index contributed by atoms with van der Waals surface area (Å²) in [5.74, 6) is 0.833. The Balaban J connectivity index is 1.55. The largest absolute Gasteiger partial charge is 0.497 e. The average molecular weight is 370 g/mol. The molecule has 0 spiro atoms. The maximum absolute atomic E-state index is 12.7. The molecule has 6 heteroatoms. The quantitative estimate of drug-likeness (QED) is 0.643. The first kappa shape index (κ1) is 18.1. The standard InChI is InChI=1S/C20H22N2O3S/c1-24-18-6-4-16(5-7-18)8-10-21-20(23)22(13-17-9-11-25-15-17)14-19-3-2-12-26-19/h2-7,9,11-12,15H,8,10,13-14H2,1H3,(H,21,23). The highest BCUT2D eigenvalue weighted by Gasteiger charge is 2.15. The number of rotatable bonds is 8. The van der Waals surface area contributed by atoms with E-state index in [0.29, 0.717) is 19.6 Å². The smallest absolute Gasteiger partial charge is 0.318 e. The van der Waals surface area contributed by atoms with Crippen LogP contribution in [0.5, 0.6) is 5.75 Å². The first-order chi connectivity index (χ1) is 12.7. The maximum atomic E-state index is 12.7. The molecule has 0 radical (unpaired) electrons. The van der Waals surface area contributed by atoms with Gasteiger partial charge in [0.25, 0.3) is 0 Å². The van der Waals surface area contributed by atoms with Crippen molar-refractivity contribution in [2.75, 3.05) is 13.7 Å². The maximum Gasteiger partial charge on any atom is 0.318 e. The number of nitrogens with zero attached hydrogens (tertiary/aromatic N) is 1. The summed E-state index contributed by atoms with van der Waals surface area (Å²) >= 11 is 1.65. The molecule has 3 aromatic rings. The fourth-order valence-electron chi connectivity index (χ4n) is 2.61. The summed E-state index contributed by atoms with van der Waals surface area (Å²) in [6, 6.07) is 13.7. The van der Waals surface area contributed by atoms with E-state index in [1.54, 1.807) is 35.9 Å². The van der Waals surface area contributed by atoms with Crippen LogP contribution in [-0.4, -0.2) is 24.6 Å². The van der Waals surface area contributed by atoms with E-state index in [1.165, 1.54) is 0 Å². The van der Waals surface area contributed by atoms with Gasteiger partial charge in [0, 0.05) is 17.0 Å². The van der Waals surface area contributed by atoms with Crippen molar-refractivity contribution in [2.24, 2.45) is 0 Å². The minimum absolute atomic E-state index is 0.0758. The van der Waals surface area contributed by atoms with Crippen LogP contribution in [-0.2, 0) is 19.5 Å². The molecule has 1 aromatic carbocycles. The molecule has 3 rings (SSSR count). The van der Waals surface area contributed by atoms with E-state index >= 15 is 0 Å². The van der Waals surface area contributed by atoms with Crippen LogP contribution in [0.4, 0.5) is 4.79 Å². The Bertz CT molecular complexity index is 747. The average Bonchev–Trinajstić information content (AvgIpc) is 3.36. The van der Waals surface area contributed by atoms with Crippen LogP contribution in [0.25, 0.3) is 0 Å². The van der Waals surface area contributed by atoms with Crippen molar-refractivity contribution < 1.29 is 13.9 Å². The predicted octanol–water partition coefficient (Wildman–Crippen LogP) is 4.30. The third kappa shape index (κ3) is 5.13. The second kappa shape index (κ2) is 9.10. The van der Waals surface area contributed by atoms with Crippen molar-refractivity contribution in [3.05, 3.63) is 76.4 Å². The molecule has 2 amide bonds. The molecule has 136 valence electrons. The van der Waals surface area contributed by atoms with Crippen molar-refractivity contribution >= 4 is 17.4 Å². The number of methoxy groups -OCH3 is 1. The van der Waals surface area contributed by atoms with Crippen molar-refractivity contribution in [1.82, 2.24) is 10.2 Å². The van der Waals surface area contributed by atoms with Crippen LogP contribution in [0.15, 0.2) is 64.8 Å². The number of benzene rings is 1. The summed E-state index contributed by atoms with van der Waals surface area (Å²) in [5.41, 5.74) is 2.14. The summed E-state index contributed by atoms with van der Waals surface area (Å²) in [7, 11) is 1.65. The van der Waals surface area contributed by atoms with E-state index in [9.17, 15) is 4.79 Å². The second-order valence-electron chi connectivity index (χ2n) is 5.90. The second-order valence-corrected chi connectivity index (χ2v) is 6.93. The van der Waals surface area contributed by atoms with Gasteiger partial charge >= 0.3 is 6.03 Å². The van der Waals surface area contributed by atoms with Gasteiger partial charge in [-0.1, -0.05) is 18.2 Å².